The molecule has 1 spiro atoms. The van der Waals surface area contributed by atoms with Crippen LogP contribution in [0.2, 0.25) is 0 Å². The molecule has 0 bridgehead atoms. The lowest BCUT2D eigenvalue weighted by atomic mass is 9.94. The first-order chi connectivity index (χ1) is 10.8. The van der Waals surface area contributed by atoms with E-state index in [1.54, 1.807) is 0 Å². The molecule has 5 nitrogen and oxygen atoms in total. The molecule has 5 heteroatoms. The van der Waals surface area contributed by atoms with Crippen LogP contribution in [0, 0.1) is 5.92 Å². The van der Waals surface area contributed by atoms with Gasteiger partial charge in [-0.3, -0.25) is 4.79 Å². The summed E-state index contributed by atoms with van der Waals surface area (Å²) >= 11 is 0. The van der Waals surface area contributed by atoms with E-state index in [2.05, 4.69) is 17.4 Å². The summed E-state index contributed by atoms with van der Waals surface area (Å²) in [6, 6.07) is 8.27. The first-order valence-electron chi connectivity index (χ1n) is 8.14. The van der Waals surface area contributed by atoms with Crippen molar-refractivity contribution in [2.75, 3.05) is 39.4 Å². The molecule has 2 saturated heterocycles. The Morgan fingerprint density at radius 3 is 2.73 bits per heavy atom. The molecule has 1 unspecified atom stereocenters. The number of hydrogen-bond acceptors (Lipinski definition) is 4. The fraction of sp³-hybridized carbons (Fsp3) is 0.588. The maximum absolute atomic E-state index is 12.6. The number of carbonyl (C=O) groups is 1. The molecule has 1 atom stereocenters. The number of hydrogen-bond donors (Lipinski definition) is 1. The second-order valence-corrected chi connectivity index (χ2v) is 6.26. The number of ether oxygens (including phenoxy) is 2. The Balaban J connectivity index is 1.55. The molecule has 0 radical (unpaired) electrons. The minimum absolute atomic E-state index is 0.0785. The van der Waals surface area contributed by atoms with E-state index in [1.807, 2.05) is 17.0 Å². The van der Waals surface area contributed by atoms with Crippen molar-refractivity contribution in [1.82, 2.24) is 10.2 Å². The van der Waals surface area contributed by atoms with Crippen molar-refractivity contribution in [3.05, 3.63) is 35.4 Å². The third-order valence-electron chi connectivity index (χ3n) is 5.00. The molecule has 2 fully saturated rings. The zero-order valence-corrected chi connectivity index (χ0v) is 12.7. The van der Waals surface area contributed by atoms with Crippen LogP contribution in [-0.4, -0.2) is 50.2 Å². The summed E-state index contributed by atoms with van der Waals surface area (Å²) in [5.41, 5.74) is 2.37. The van der Waals surface area contributed by atoms with Crippen molar-refractivity contribution in [3.63, 3.8) is 0 Å². The van der Waals surface area contributed by atoms with E-state index in [1.165, 1.54) is 5.56 Å². The summed E-state index contributed by atoms with van der Waals surface area (Å²) in [6.07, 6.45) is 1.35. The molecule has 1 aromatic rings. The van der Waals surface area contributed by atoms with Crippen LogP contribution in [0.5, 0.6) is 0 Å². The number of amides is 1. The van der Waals surface area contributed by atoms with E-state index in [4.69, 9.17) is 9.47 Å². The van der Waals surface area contributed by atoms with Gasteiger partial charge in [0.2, 0.25) is 5.91 Å². The molecule has 118 valence electrons. The number of benzene rings is 1. The fourth-order valence-corrected chi connectivity index (χ4v) is 3.94. The second-order valence-electron chi connectivity index (χ2n) is 6.26. The van der Waals surface area contributed by atoms with Crippen LogP contribution < -0.4 is 5.32 Å². The highest BCUT2D eigenvalue weighted by molar-refractivity contribution is 5.77. The van der Waals surface area contributed by atoms with Gasteiger partial charge in [-0.1, -0.05) is 24.3 Å². The Bertz CT molecular complexity index is 563. The molecular formula is C17H22N2O3. The monoisotopic (exact) mass is 302 g/mol. The maximum atomic E-state index is 12.6. The first-order valence-corrected chi connectivity index (χ1v) is 8.14. The number of rotatable bonds is 2. The van der Waals surface area contributed by atoms with Gasteiger partial charge < -0.3 is 19.7 Å². The molecule has 3 aliphatic rings. The minimum Gasteiger partial charge on any atom is -0.343 e. The number of nitrogens with zero attached hydrogens (tertiary/aromatic N) is 1. The van der Waals surface area contributed by atoms with Crippen molar-refractivity contribution in [3.8, 4) is 0 Å². The summed E-state index contributed by atoms with van der Waals surface area (Å²) in [4.78, 5) is 14.6. The molecule has 1 N–H and O–H groups in total. The molecule has 0 aromatic heterocycles. The largest absolute Gasteiger partial charge is 0.343 e. The van der Waals surface area contributed by atoms with E-state index in [9.17, 15) is 4.79 Å². The quantitative estimate of drug-likeness (QED) is 0.881. The van der Waals surface area contributed by atoms with Gasteiger partial charge >= 0.3 is 0 Å². The molecular weight excluding hydrogens is 280 g/mol. The van der Waals surface area contributed by atoms with E-state index in [-0.39, 0.29) is 11.8 Å². The Labute approximate surface area is 130 Å². The molecule has 4 rings (SSSR count). The normalized spacial score (nSPS) is 26.4. The predicted molar refractivity (Wildman–Crippen MR) is 81.3 cm³/mol. The molecule has 0 saturated carbocycles. The highest BCUT2D eigenvalue weighted by Gasteiger charge is 2.52. The molecule has 1 aliphatic carbocycles. The van der Waals surface area contributed by atoms with Crippen LogP contribution in [0.4, 0.5) is 0 Å². The van der Waals surface area contributed by atoms with Crippen molar-refractivity contribution in [2.24, 2.45) is 5.92 Å². The lowest BCUT2D eigenvalue weighted by molar-refractivity contribution is -0.200. The Kier molecular flexibility index (Phi) is 3.64. The average molecular weight is 302 g/mol. The summed E-state index contributed by atoms with van der Waals surface area (Å²) < 4.78 is 12.0. The lowest BCUT2D eigenvalue weighted by Crippen LogP contribution is -2.47. The standard InChI is InChI=1S/C17H22N2O3/c20-16(19-7-5-18-6-8-19)12-14-11-13-3-1-2-4-15(13)17(14)21-9-10-22-17/h1-4,14,18H,5-12H2. The Morgan fingerprint density at radius 2 is 1.95 bits per heavy atom. The zero-order valence-electron chi connectivity index (χ0n) is 12.7. The van der Waals surface area contributed by atoms with E-state index < -0.39 is 5.79 Å². The molecule has 22 heavy (non-hydrogen) atoms. The van der Waals surface area contributed by atoms with Crippen molar-refractivity contribution in [1.29, 1.82) is 0 Å². The van der Waals surface area contributed by atoms with Gasteiger partial charge in [-0.25, -0.2) is 0 Å². The zero-order chi connectivity index (χ0) is 15.0. The molecule has 1 aromatic carbocycles. The van der Waals surface area contributed by atoms with Crippen LogP contribution in [0.25, 0.3) is 0 Å². The maximum Gasteiger partial charge on any atom is 0.223 e. The van der Waals surface area contributed by atoms with Gasteiger partial charge in [-0.2, -0.15) is 0 Å². The SMILES string of the molecule is O=C(CC1Cc2ccccc2C12OCCO2)N1CCNCC1. The van der Waals surface area contributed by atoms with E-state index in [0.29, 0.717) is 19.6 Å². The molecule has 2 heterocycles. The van der Waals surface area contributed by atoms with Crippen molar-refractivity contribution in [2.45, 2.75) is 18.6 Å². The van der Waals surface area contributed by atoms with E-state index in [0.717, 1.165) is 38.2 Å². The lowest BCUT2D eigenvalue weighted by Gasteiger charge is -2.33. The fourth-order valence-electron chi connectivity index (χ4n) is 3.94. The Hall–Kier alpha value is -1.43. The van der Waals surface area contributed by atoms with Gasteiger partial charge in [0, 0.05) is 44.1 Å². The Morgan fingerprint density at radius 1 is 1.23 bits per heavy atom. The van der Waals surface area contributed by atoms with Crippen molar-refractivity contribution < 1.29 is 14.3 Å². The molecule has 2 aliphatic heterocycles. The number of carbonyl (C=O) groups excluding carboxylic acids is 1. The minimum atomic E-state index is -0.694. The summed E-state index contributed by atoms with van der Waals surface area (Å²) in [7, 11) is 0. The van der Waals surface area contributed by atoms with Crippen LogP contribution in [0.3, 0.4) is 0 Å². The molecule has 1 amide bonds. The van der Waals surface area contributed by atoms with Gasteiger partial charge in [-0.15, -0.1) is 0 Å². The van der Waals surface area contributed by atoms with Gasteiger partial charge in [0.15, 0.2) is 5.79 Å². The number of piperazine rings is 1. The predicted octanol–water partition coefficient (Wildman–Crippen LogP) is 0.880. The number of fused-ring (bicyclic) bond motifs is 2. The summed E-state index contributed by atoms with van der Waals surface area (Å²) in [5, 5.41) is 3.28. The highest BCUT2D eigenvalue weighted by Crippen LogP contribution is 2.48. The third-order valence-corrected chi connectivity index (χ3v) is 5.00. The number of nitrogens with one attached hydrogen (secondary N) is 1. The van der Waals surface area contributed by atoms with Gasteiger partial charge in [0.05, 0.1) is 13.2 Å². The second kappa shape index (κ2) is 5.65. The van der Waals surface area contributed by atoms with Crippen LogP contribution in [-0.2, 0) is 26.5 Å². The average Bonchev–Trinajstić information content (AvgIpc) is 3.16. The summed E-state index contributed by atoms with van der Waals surface area (Å²) in [6.45, 7) is 4.57. The third kappa shape index (κ3) is 2.24. The highest BCUT2D eigenvalue weighted by atomic mass is 16.7. The van der Waals surface area contributed by atoms with Crippen molar-refractivity contribution >= 4 is 5.91 Å². The van der Waals surface area contributed by atoms with E-state index >= 15 is 0 Å². The first kappa shape index (κ1) is 14.2. The smallest absolute Gasteiger partial charge is 0.223 e. The van der Waals surface area contributed by atoms with Gasteiger partial charge in [-0.05, 0) is 12.0 Å². The van der Waals surface area contributed by atoms with Gasteiger partial charge in [0.1, 0.15) is 0 Å². The topological polar surface area (TPSA) is 50.8 Å². The van der Waals surface area contributed by atoms with Gasteiger partial charge in [0.25, 0.3) is 0 Å². The summed E-state index contributed by atoms with van der Waals surface area (Å²) in [5.74, 6) is -0.395. The van der Waals surface area contributed by atoms with Crippen LogP contribution in [0.1, 0.15) is 17.5 Å². The van der Waals surface area contributed by atoms with Crippen LogP contribution in [0.15, 0.2) is 24.3 Å². The van der Waals surface area contributed by atoms with Crippen LogP contribution >= 0.6 is 0 Å².